The Bertz CT molecular complexity index is 751. The summed E-state index contributed by atoms with van der Waals surface area (Å²) >= 11 is 0. The van der Waals surface area contributed by atoms with Crippen LogP contribution >= 0.6 is 0 Å². The van der Waals surface area contributed by atoms with Gasteiger partial charge in [-0.05, 0) is 53.4 Å². The molecule has 0 spiro atoms. The van der Waals surface area contributed by atoms with E-state index < -0.39 is 0 Å². The van der Waals surface area contributed by atoms with Gasteiger partial charge in [0, 0.05) is 18.1 Å². The van der Waals surface area contributed by atoms with Crippen LogP contribution in [0.1, 0.15) is 11.1 Å². The zero-order chi connectivity index (χ0) is 13.8. The highest BCUT2D eigenvalue weighted by atomic mass is 16.5. The second-order valence-electron chi connectivity index (χ2n) is 4.63. The van der Waals surface area contributed by atoms with Crippen molar-refractivity contribution in [2.45, 2.75) is 6.42 Å². The van der Waals surface area contributed by atoms with Crippen molar-refractivity contribution in [3.63, 3.8) is 0 Å². The molecule has 0 fully saturated rings. The predicted molar refractivity (Wildman–Crippen MR) is 78.7 cm³/mol. The van der Waals surface area contributed by atoms with E-state index in [0.29, 0.717) is 12.2 Å². The molecule has 2 aromatic carbocycles. The molecular weight excluding hydrogens is 248 g/mol. The smallest absolute Gasteiger partial charge is 0.119 e. The molecule has 0 aliphatic heterocycles. The Morgan fingerprint density at radius 1 is 1.05 bits per heavy atom. The van der Waals surface area contributed by atoms with Crippen LogP contribution in [0.15, 0.2) is 54.7 Å². The fraction of sp³-hybridized carbons (Fsp3) is 0.118. The Hall–Kier alpha value is -2.73. The van der Waals surface area contributed by atoms with Crippen molar-refractivity contribution in [3.05, 3.63) is 65.9 Å². The van der Waals surface area contributed by atoms with Gasteiger partial charge in [-0.25, -0.2) is 0 Å². The molecular formula is C17H14N2O. The third kappa shape index (κ3) is 2.65. The molecule has 0 atom stereocenters. The first-order valence-corrected chi connectivity index (χ1v) is 6.54. The van der Waals surface area contributed by atoms with Gasteiger partial charge in [0.25, 0.3) is 0 Å². The molecule has 1 heterocycles. The molecule has 0 saturated carbocycles. The third-order valence-electron chi connectivity index (χ3n) is 3.26. The average Bonchev–Trinajstić information content (AvgIpc) is 2.95. The molecule has 0 aliphatic carbocycles. The molecule has 0 radical (unpaired) electrons. The van der Waals surface area contributed by atoms with Crippen LogP contribution < -0.4 is 4.74 Å². The van der Waals surface area contributed by atoms with Crippen molar-refractivity contribution >= 4 is 10.9 Å². The maximum atomic E-state index is 8.73. The average molecular weight is 262 g/mol. The summed E-state index contributed by atoms with van der Waals surface area (Å²) in [4.78, 5) is 3.18. The lowest BCUT2D eigenvalue weighted by atomic mass is 10.1. The van der Waals surface area contributed by atoms with Crippen LogP contribution in [0.2, 0.25) is 0 Å². The molecule has 3 heteroatoms. The first-order chi connectivity index (χ1) is 9.85. The number of rotatable bonds is 4. The lowest BCUT2D eigenvalue weighted by molar-refractivity contribution is 0.322. The highest BCUT2D eigenvalue weighted by molar-refractivity contribution is 5.79. The maximum Gasteiger partial charge on any atom is 0.119 e. The van der Waals surface area contributed by atoms with E-state index in [0.717, 1.165) is 17.7 Å². The summed E-state index contributed by atoms with van der Waals surface area (Å²) in [6.07, 6.45) is 2.81. The summed E-state index contributed by atoms with van der Waals surface area (Å²) in [5.41, 5.74) is 3.06. The highest BCUT2D eigenvalue weighted by Crippen LogP contribution is 2.16. The number of H-pyrrole nitrogens is 1. The van der Waals surface area contributed by atoms with E-state index in [1.54, 1.807) is 12.1 Å². The number of hydrogen-bond donors (Lipinski definition) is 1. The third-order valence-corrected chi connectivity index (χ3v) is 3.26. The first kappa shape index (κ1) is 12.3. The van der Waals surface area contributed by atoms with Gasteiger partial charge in [0.2, 0.25) is 0 Å². The summed E-state index contributed by atoms with van der Waals surface area (Å²) < 4.78 is 5.69. The van der Waals surface area contributed by atoms with Gasteiger partial charge >= 0.3 is 0 Å². The number of nitriles is 1. The van der Waals surface area contributed by atoms with Crippen LogP contribution in [0.5, 0.6) is 5.75 Å². The van der Waals surface area contributed by atoms with Gasteiger partial charge in [0.05, 0.1) is 18.2 Å². The van der Waals surface area contributed by atoms with Crippen LogP contribution in [-0.2, 0) is 6.42 Å². The maximum absolute atomic E-state index is 8.73. The van der Waals surface area contributed by atoms with Crippen LogP contribution in [0, 0.1) is 11.3 Å². The van der Waals surface area contributed by atoms with Gasteiger partial charge in [-0.2, -0.15) is 5.26 Å². The monoisotopic (exact) mass is 262 g/mol. The number of nitrogens with zero attached hydrogens (tertiary/aromatic N) is 1. The van der Waals surface area contributed by atoms with E-state index in [9.17, 15) is 0 Å². The van der Waals surface area contributed by atoms with Gasteiger partial charge in [-0.1, -0.05) is 6.07 Å². The van der Waals surface area contributed by atoms with Gasteiger partial charge in [-0.15, -0.1) is 0 Å². The van der Waals surface area contributed by atoms with Crippen LogP contribution in [0.25, 0.3) is 10.9 Å². The van der Waals surface area contributed by atoms with E-state index in [-0.39, 0.29) is 0 Å². The molecule has 1 N–H and O–H groups in total. The fourth-order valence-electron chi connectivity index (χ4n) is 2.17. The molecule has 0 unspecified atom stereocenters. The van der Waals surface area contributed by atoms with Crippen molar-refractivity contribution in [2.75, 3.05) is 6.61 Å². The van der Waals surface area contributed by atoms with E-state index in [2.05, 4.69) is 35.3 Å². The molecule has 20 heavy (non-hydrogen) atoms. The Labute approximate surface area is 117 Å². The number of aromatic nitrogens is 1. The van der Waals surface area contributed by atoms with E-state index in [1.165, 1.54) is 10.9 Å². The van der Waals surface area contributed by atoms with E-state index in [4.69, 9.17) is 10.00 Å². The predicted octanol–water partition coefficient (Wildman–Crippen LogP) is 3.66. The molecule has 0 saturated heterocycles. The zero-order valence-corrected chi connectivity index (χ0v) is 11.0. The Morgan fingerprint density at radius 3 is 2.70 bits per heavy atom. The number of fused-ring (bicyclic) bond motifs is 1. The van der Waals surface area contributed by atoms with Crippen molar-refractivity contribution in [3.8, 4) is 11.8 Å². The van der Waals surface area contributed by atoms with Crippen LogP contribution in [0.3, 0.4) is 0 Å². The van der Waals surface area contributed by atoms with Gasteiger partial charge in [0.1, 0.15) is 5.75 Å². The largest absolute Gasteiger partial charge is 0.493 e. The van der Waals surface area contributed by atoms with E-state index in [1.807, 2.05) is 18.3 Å². The zero-order valence-electron chi connectivity index (χ0n) is 11.0. The number of nitrogens with one attached hydrogen (secondary N) is 1. The molecule has 3 aromatic rings. The van der Waals surface area contributed by atoms with Crippen molar-refractivity contribution in [2.24, 2.45) is 0 Å². The summed E-state index contributed by atoms with van der Waals surface area (Å²) in [5.74, 6) is 0.798. The normalized spacial score (nSPS) is 10.3. The minimum absolute atomic E-state index is 0.627. The van der Waals surface area contributed by atoms with Crippen LogP contribution in [-0.4, -0.2) is 11.6 Å². The minimum Gasteiger partial charge on any atom is -0.493 e. The van der Waals surface area contributed by atoms with Crippen LogP contribution in [0.4, 0.5) is 0 Å². The minimum atomic E-state index is 0.627. The lowest BCUT2D eigenvalue weighted by Crippen LogP contribution is -2.01. The molecule has 0 amide bonds. The standard InChI is InChI=1S/C17H14N2O/c18-12-14-1-4-16(5-2-14)20-10-8-13-3-6-17-15(11-13)7-9-19-17/h1-7,9,11,19H,8,10H2. The number of aromatic amines is 1. The van der Waals surface area contributed by atoms with Gasteiger partial charge in [0.15, 0.2) is 0 Å². The first-order valence-electron chi connectivity index (χ1n) is 6.54. The molecule has 3 nitrogen and oxygen atoms in total. The Balaban J connectivity index is 1.60. The second-order valence-corrected chi connectivity index (χ2v) is 4.63. The molecule has 0 bridgehead atoms. The molecule has 0 aliphatic rings. The highest BCUT2D eigenvalue weighted by Gasteiger charge is 1.99. The molecule has 98 valence electrons. The Kier molecular flexibility index (Phi) is 3.38. The quantitative estimate of drug-likeness (QED) is 0.780. The van der Waals surface area contributed by atoms with Gasteiger partial charge in [-0.3, -0.25) is 0 Å². The Morgan fingerprint density at radius 2 is 1.90 bits per heavy atom. The molecule has 3 rings (SSSR count). The summed E-state index contributed by atoms with van der Waals surface area (Å²) in [6.45, 7) is 0.627. The SMILES string of the molecule is N#Cc1ccc(OCCc2ccc3[nH]ccc3c2)cc1. The number of benzene rings is 2. The summed E-state index contributed by atoms with van der Waals surface area (Å²) in [7, 11) is 0. The van der Waals surface area contributed by atoms with Crippen molar-refractivity contribution in [1.82, 2.24) is 4.98 Å². The topological polar surface area (TPSA) is 48.8 Å². The van der Waals surface area contributed by atoms with Crippen molar-refractivity contribution < 1.29 is 4.74 Å². The number of hydrogen-bond acceptors (Lipinski definition) is 2. The second kappa shape index (κ2) is 5.50. The summed E-state index contributed by atoms with van der Waals surface area (Å²) in [5, 5.41) is 9.95. The summed E-state index contributed by atoms with van der Waals surface area (Å²) in [6, 6.07) is 17.7. The van der Waals surface area contributed by atoms with E-state index >= 15 is 0 Å². The number of ether oxygens (including phenoxy) is 1. The fourth-order valence-corrected chi connectivity index (χ4v) is 2.17. The van der Waals surface area contributed by atoms with Crippen molar-refractivity contribution in [1.29, 1.82) is 5.26 Å². The molecule has 1 aromatic heterocycles. The lowest BCUT2D eigenvalue weighted by Gasteiger charge is -2.06. The van der Waals surface area contributed by atoms with Gasteiger partial charge < -0.3 is 9.72 Å².